The fourth-order valence-electron chi connectivity index (χ4n) is 2.59. The number of carboxylic acid groups (broad SMARTS) is 1. The van der Waals surface area contributed by atoms with Gasteiger partial charge in [0.2, 0.25) is 17.7 Å². The van der Waals surface area contributed by atoms with E-state index in [2.05, 4.69) is 20.9 Å². The molecule has 0 saturated heterocycles. The Labute approximate surface area is 179 Å². The lowest BCUT2D eigenvalue weighted by Crippen LogP contribution is -2.54. The lowest BCUT2D eigenvalue weighted by atomic mass is 10.0. The van der Waals surface area contributed by atoms with E-state index in [0.29, 0.717) is 6.42 Å². The van der Waals surface area contributed by atoms with Crippen molar-refractivity contribution in [1.29, 1.82) is 0 Å². The second-order valence-corrected chi connectivity index (χ2v) is 6.64. The minimum absolute atomic E-state index is 0.0937. The van der Waals surface area contributed by atoms with Gasteiger partial charge < -0.3 is 38.3 Å². The van der Waals surface area contributed by atoms with Crippen molar-refractivity contribution in [2.24, 2.45) is 22.2 Å². The summed E-state index contributed by atoms with van der Waals surface area (Å²) < 4.78 is 0. The van der Waals surface area contributed by atoms with Crippen molar-refractivity contribution in [3.8, 4) is 0 Å². The first-order valence-electron chi connectivity index (χ1n) is 9.61. The van der Waals surface area contributed by atoms with Crippen LogP contribution in [0, 0.1) is 0 Å². The van der Waals surface area contributed by atoms with Crippen molar-refractivity contribution in [2.45, 2.75) is 31.3 Å². The molecule has 1 aromatic carbocycles. The number of nitrogens with one attached hydrogen (secondary N) is 3. The van der Waals surface area contributed by atoms with Gasteiger partial charge in [0, 0.05) is 13.0 Å². The molecule has 0 aliphatic carbocycles. The SMILES string of the molecule is NCC(=O)NCC(=O)NC(Cc1ccccc1)C(=O)NC(CCCN=C(N)N)C(=O)O. The lowest BCUT2D eigenvalue weighted by Gasteiger charge is -2.22. The summed E-state index contributed by atoms with van der Waals surface area (Å²) in [6.45, 7) is -0.427. The summed E-state index contributed by atoms with van der Waals surface area (Å²) in [4.78, 5) is 51.5. The molecule has 1 rings (SSSR count). The van der Waals surface area contributed by atoms with Gasteiger partial charge in [-0.3, -0.25) is 19.4 Å². The van der Waals surface area contributed by atoms with Crippen molar-refractivity contribution in [2.75, 3.05) is 19.6 Å². The maximum Gasteiger partial charge on any atom is 0.326 e. The van der Waals surface area contributed by atoms with Crippen LogP contribution in [-0.2, 0) is 25.6 Å². The van der Waals surface area contributed by atoms with E-state index in [1.807, 2.05) is 0 Å². The molecule has 0 heterocycles. The number of hydrogen-bond acceptors (Lipinski definition) is 6. The number of carbonyl (C=O) groups excluding carboxylic acids is 3. The highest BCUT2D eigenvalue weighted by atomic mass is 16.4. The van der Waals surface area contributed by atoms with Crippen molar-refractivity contribution in [3.05, 3.63) is 35.9 Å². The standard InChI is InChI=1S/C19H29N7O5/c20-10-15(27)24-11-16(28)25-14(9-12-5-2-1-3-6-12)17(29)26-13(18(30)31)7-4-8-23-19(21)22/h1-3,5-6,13-14H,4,7-11,20H2,(H,24,27)(H,25,28)(H,26,29)(H,30,31)(H4,21,22,23). The smallest absolute Gasteiger partial charge is 0.326 e. The monoisotopic (exact) mass is 435 g/mol. The predicted octanol–water partition coefficient (Wildman–Crippen LogP) is -2.59. The third kappa shape index (κ3) is 10.6. The minimum Gasteiger partial charge on any atom is -0.480 e. The Morgan fingerprint density at radius 3 is 2.26 bits per heavy atom. The van der Waals surface area contributed by atoms with E-state index < -0.39 is 35.8 Å². The number of nitrogens with two attached hydrogens (primary N) is 3. The number of aliphatic carboxylic acids is 1. The zero-order valence-electron chi connectivity index (χ0n) is 17.0. The van der Waals surface area contributed by atoms with Crippen molar-refractivity contribution < 1.29 is 24.3 Å². The van der Waals surface area contributed by atoms with Gasteiger partial charge in [-0.1, -0.05) is 30.3 Å². The number of amides is 3. The number of rotatable bonds is 13. The highest BCUT2D eigenvalue weighted by Gasteiger charge is 2.26. The molecule has 0 saturated carbocycles. The van der Waals surface area contributed by atoms with E-state index in [-0.39, 0.29) is 38.4 Å². The Balaban J connectivity index is 2.82. The second-order valence-electron chi connectivity index (χ2n) is 6.64. The first kappa shape index (κ1) is 25.4. The molecule has 0 spiro atoms. The molecular formula is C19H29N7O5. The highest BCUT2D eigenvalue weighted by Crippen LogP contribution is 2.05. The lowest BCUT2D eigenvalue weighted by molar-refractivity contribution is -0.142. The summed E-state index contributed by atoms with van der Waals surface area (Å²) in [6, 6.07) is 6.66. The number of hydrogen-bond donors (Lipinski definition) is 7. The Morgan fingerprint density at radius 1 is 1.00 bits per heavy atom. The van der Waals surface area contributed by atoms with E-state index in [0.717, 1.165) is 5.56 Å². The van der Waals surface area contributed by atoms with E-state index in [4.69, 9.17) is 17.2 Å². The van der Waals surface area contributed by atoms with Gasteiger partial charge in [0.05, 0.1) is 13.1 Å². The minimum atomic E-state index is -1.22. The van der Waals surface area contributed by atoms with Crippen LogP contribution in [0.4, 0.5) is 0 Å². The van der Waals surface area contributed by atoms with Gasteiger partial charge in [0.15, 0.2) is 5.96 Å². The number of carbonyl (C=O) groups is 4. The molecule has 3 amide bonds. The van der Waals surface area contributed by atoms with Crippen LogP contribution >= 0.6 is 0 Å². The summed E-state index contributed by atoms with van der Waals surface area (Å²) in [5.74, 6) is -3.14. The Kier molecular flexibility index (Phi) is 11.1. The Morgan fingerprint density at radius 2 is 1.68 bits per heavy atom. The second kappa shape index (κ2) is 13.5. The van der Waals surface area contributed by atoms with Gasteiger partial charge in [-0.2, -0.15) is 0 Å². The number of guanidine groups is 1. The summed E-state index contributed by atoms with van der Waals surface area (Å²) in [5.41, 5.74) is 16.4. The molecule has 0 aliphatic heterocycles. The molecule has 2 atom stereocenters. The largest absolute Gasteiger partial charge is 0.480 e. The van der Waals surface area contributed by atoms with Gasteiger partial charge >= 0.3 is 5.97 Å². The Hall–Kier alpha value is -3.67. The molecule has 0 bridgehead atoms. The maximum atomic E-state index is 12.8. The summed E-state index contributed by atoms with van der Waals surface area (Å²) in [6.07, 6.45) is 0.552. The first-order chi connectivity index (χ1) is 14.7. The number of aliphatic imine (C=N–C) groups is 1. The number of benzene rings is 1. The van der Waals surface area contributed by atoms with Crippen LogP contribution < -0.4 is 33.2 Å². The summed E-state index contributed by atoms with van der Waals surface area (Å²) in [7, 11) is 0. The molecule has 1 aromatic rings. The molecule has 12 nitrogen and oxygen atoms in total. The van der Waals surface area contributed by atoms with Gasteiger partial charge in [-0.05, 0) is 18.4 Å². The molecule has 170 valence electrons. The third-order valence-electron chi connectivity index (χ3n) is 4.13. The molecule has 10 N–H and O–H groups in total. The van der Waals surface area contributed by atoms with Gasteiger partial charge in [0.25, 0.3) is 0 Å². The molecule has 0 radical (unpaired) electrons. The molecule has 0 fully saturated rings. The van der Waals surface area contributed by atoms with Crippen LogP contribution in [0.25, 0.3) is 0 Å². The zero-order valence-corrected chi connectivity index (χ0v) is 17.0. The maximum absolute atomic E-state index is 12.8. The van der Waals surface area contributed by atoms with Gasteiger partial charge in [-0.15, -0.1) is 0 Å². The molecule has 0 aromatic heterocycles. The van der Waals surface area contributed by atoms with Gasteiger partial charge in [0.1, 0.15) is 12.1 Å². The van der Waals surface area contributed by atoms with Gasteiger partial charge in [-0.25, -0.2) is 4.79 Å². The fourth-order valence-corrected chi connectivity index (χ4v) is 2.59. The van der Waals surface area contributed by atoms with Crippen LogP contribution in [0.3, 0.4) is 0 Å². The molecule has 12 heteroatoms. The summed E-state index contributed by atoms with van der Waals surface area (Å²) in [5, 5.41) is 16.7. The van der Waals surface area contributed by atoms with Crippen molar-refractivity contribution >= 4 is 29.7 Å². The van der Waals surface area contributed by atoms with Crippen LogP contribution in [-0.4, -0.2) is 66.5 Å². The van der Waals surface area contributed by atoms with Crippen LogP contribution in [0.1, 0.15) is 18.4 Å². The normalized spacial score (nSPS) is 12.2. The fraction of sp³-hybridized carbons (Fsp3) is 0.421. The van der Waals surface area contributed by atoms with E-state index in [1.54, 1.807) is 30.3 Å². The quantitative estimate of drug-likeness (QED) is 0.0988. The third-order valence-corrected chi connectivity index (χ3v) is 4.13. The van der Waals surface area contributed by atoms with Crippen LogP contribution in [0.5, 0.6) is 0 Å². The van der Waals surface area contributed by atoms with E-state index in [1.165, 1.54) is 0 Å². The van der Waals surface area contributed by atoms with Crippen molar-refractivity contribution in [3.63, 3.8) is 0 Å². The Bertz CT molecular complexity index is 781. The molecule has 0 aliphatic rings. The van der Waals surface area contributed by atoms with Crippen LogP contribution in [0.15, 0.2) is 35.3 Å². The molecule has 2 unspecified atom stereocenters. The topological polar surface area (TPSA) is 215 Å². The van der Waals surface area contributed by atoms with Crippen molar-refractivity contribution in [1.82, 2.24) is 16.0 Å². The summed E-state index contributed by atoms with van der Waals surface area (Å²) >= 11 is 0. The van der Waals surface area contributed by atoms with E-state index >= 15 is 0 Å². The average molecular weight is 435 g/mol. The number of nitrogens with zero attached hydrogens (tertiary/aromatic N) is 1. The first-order valence-corrected chi connectivity index (χ1v) is 9.61. The molecule has 31 heavy (non-hydrogen) atoms. The van der Waals surface area contributed by atoms with Crippen LogP contribution in [0.2, 0.25) is 0 Å². The van der Waals surface area contributed by atoms with E-state index in [9.17, 15) is 24.3 Å². The number of carboxylic acids is 1. The molecular weight excluding hydrogens is 406 g/mol. The zero-order chi connectivity index (χ0) is 23.2. The predicted molar refractivity (Wildman–Crippen MR) is 114 cm³/mol. The highest BCUT2D eigenvalue weighted by molar-refractivity contribution is 5.92. The average Bonchev–Trinajstić information content (AvgIpc) is 2.73.